The molecule has 0 unspecified atom stereocenters. The zero-order valence-electron chi connectivity index (χ0n) is 8.20. The molecular weight excluding hydrogens is 282 g/mol. The van der Waals surface area contributed by atoms with E-state index >= 15 is 0 Å². The summed E-state index contributed by atoms with van der Waals surface area (Å²) in [7, 11) is -1.59. The van der Waals surface area contributed by atoms with Crippen molar-refractivity contribution in [1.82, 2.24) is 0 Å². The van der Waals surface area contributed by atoms with Crippen LogP contribution in [0.25, 0.3) is 0 Å². The van der Waals surface area contributed by atoms with E-state index in [1.165, 1.54) is 6.07 Å². The first-order valence-corrected chi connectivity index (χ1v) is 5.71. The summed E-state index contributed by atoms with van der Waals surface area (Å²) in [6.07, 6.45) is 0.843. The predicted octanol–water partition coefficient (Wildman–Crippen LogP) is 1.57. The van der Waals surface area contributed by atoms with Crippen molar-refractivity contribution in [2.24, 2.45) is 0 Å². The van der Waals surface area contributed by atoms with E-state index in [-0.39, 0.29) is 5.46 Å². The molecule has 0 heterocycles. The van der Waals surface area contributed by atoms with Crippen LogP contribution in [0.15, 0.2) is 16.6 Å². The Kier molecular flexibility index (Phi) is 4.92. The van der Waals surface area contributed by atoms with Gasteiger partial charge in [0.25, 0.3) is 0 Å². The van der Waals surface area contributed by atoms with Gasteiger partial charge in [-0.1, -0.05) is 18.5 Å². The maximum Gasteiger partial charge on any atom is 0.492 e. The van der Waals surface area contributed by atoms with Gasteiger partial charge in [-0.3, -0.25) is 0 Å². The van der Waals surface area contributed by atoms with E-state index in [1.54, 1.807) is 6.07 Å². The molecule has 1 rings (SSSR count). The van der Waals surface area contributed by atoms with Crippen LogP contribution in [0.2, 0.25) is 5.02 Å². The van der Waals surface area contributed by atoms with Crippen molar-refractivity contribution >= 4 is 40.1 Å². The zero-order valence-corrected chi connectivity index (χ0v) is 10.5. The number of ether oxygens (including phenoxy) is 1. The average molecular weight is 293 g/mol. The highest BCUT2D eigenvalue weighted by Crippen LogP contribution is 2.26. The van der Waals surface area contributed by atoms with Crippen LogP contribution in [0.1, 0.15) is 13.3 Å². The number of hydrogen-bond acceptors (Lipinski definition) is 3. The van der Waals surface area contributed by atoms with E-state index in [4.69, 9.17) is 26.4 Å². The van der Waals surface area contributed by atoms with Gasteiger partial charge in [0.1, 0.15) is 5.75 Å². The molecule has 0 aliphatic rings. The summed E-state index contributed by atoms with van der Waals surface area (Å²) in [6, 6.07) is 3.13. The number of benzene rings is 1. The fourth-order valence-electron chi connectivity index (χ4n) is 1.13. The lowest BCUT2D eigenvalue weighted by molar-refractivity contribution is 0.316. The summed E-state index contributed by atoms with van der Waals surface area (Å²) in [5.41, 5.74) is 0.267. The maximum atomic E-state index is 9.15. The molecule has 0 aliphatic heterocycles. The molecule has 0 bridgehead atoms. The monoisotopic (exact) mass is 292 g/mol. The number of hydrogen-bond donors (Lipinski definition) is 2. The van der Waals surface area contributed by atoms with Gasteiger partial charge in [-0.05, 0) is 34.5 Å². The van der Waals surface area contributed by atoms with E-state index in [1.807, 2.05) is 6.92 Å². The third-order valence-electron chi connectivity index (χ3n) is 1.77. The maximum absolute atomic E-state index is 9.15. The largest absolute Gasteiger partial charge is 0.493 e. The van der Waals surface area contributed by atoms with E-state index in [9.17, 15) is 0 Å². The van der Waals surface area contributed by atoms with Crippen molar-refractivity contribution in [1.29, 1.82) is 0 Å². The summed E-state index contributed by atoms with van der Waals surface area (Å²) < 4.78 is 6.03. The van der Waals surface area contributed by atoms with Crippen LogP contribution in [0.5, 0.6) is 5.75 Å². The summed E-state index contributed by atoms with van der Waals surface area (Å²) in [6.45, 7) is 2.48. The van der Waals surface area contributed by atoms with Crippen LogP contribution < -0.4 is 10.2 Å². The Labute approximate surface area is 102 Å². The van der Waals surface area contributed by atoms with E-state index < -0.39 is 7.12 Å². The van der Waals surface area contributed by atoms with Crippen molar-refractivity contribution in [3.63, 3.8) is 0 Å². The summed E-state index contributed by atoms with van der Waals surface area (Å²) in [5.74, 6) is 0.427. The minimum Gasteiger partial charge on any atom is -0.493 e. The normalized spacial score (nSPS) is 10.2. The van der Waals surface area contributed by atoms with Gasteiger partial charge in [0.15, 0.2) is 0 Å². The molecule has 82 valence electrons. The molecule has 3 nitrogen and oxygen atoms in total. The second-order valence-electron chi connectivity index (χ2n) is 3.03. The summed E-state index contributed by atoms with van der Waals surface area (Å²) >= 11 is 9.06. The van der Waals surface area contributed by atoms with Crippen LogP contribution in [0, 0.1) is 0 Å². The van der Waals surface area contributed by atoms with Crippen LogP contribution in [0.4, 0.5) is 0 Å². The predicted molar refractivity (Wildman–Crippen MR) is 64.8 cm³/mol. The van der Waals surface area contributed by atoms with Gasteiger partial charge in [-0.2, -0.15) is 0 Å². The molecule has 0 aliphatic carbocycles. The van der Waals surface area contributed by atoms with Gasteiger partial charge >= 0.3 is 7.12 Å². The third kappa shape index (κ3) is 3.38. The second-order valence-corrected chi connectivity index (χ2v) is 4.32. The lowest BCUT2D eigenvalue weighted by Gasteiger charge is -2.12. The van der Waals surface area contributed by atoms with Gasteiger partial charge < -0.3 is 14.8 Å². The molecule has 15 heavy (non-hydrogen) atoms. The molecule has 0 amide bonds. The van der Waals surface area contributed by atoms with Crippen molar-refractivity contribution in [3.05, 3.63) is 21.6 Å². The highest BCUT2D eigenvalue weighted by Gasteiger charge is 2.20. The van der Waals surface area contributed by atoms with E-state index in [0.717, 1.165) is 6.42 Å². The molecule has 0 spiro atoms. The van der Waals surface area contributed by atoms with Crippen LogP contribution >= 0.6 is 27.5 Å². The highest BCUT2D eigenvalue weighted by molar-refractivity contribution is 9.10. The van der Waals surface area contributed by atoms with Crippen LogP contribution in [0.3, 0.4) is 0 Å². The Balaban J connectivity index is 3.09. The van der Waals surface area contributed by atoms with Crippen molar-refractivity contribution in [2.45, 2.75) is 13.3 Å². The molecular formula is C9H11BBrClO3. The first-order chi connectivity index (χ1) is 7.06. The van der Waals surface area contributed by atoms with E-state index in [2.05, 4.69) is 15.9 Å². The minimum atomic E-state index is -1.59. The molecule has 0 atom stereocenters. The first kappa shape index (κ1) is 12.8. The Morgan fingerprint density at radius 2 is 2.13 bits per heavy atom. The standard InChI is InChI=1S/C9H11BBrClO3/c1-2-3-15-9-7(10(13)14)4-6(12)5-8(9)11/h4-5,13-14H,2-3H2,1H3. The number of halogens is 2. The molecule has 0 aromatic heterocycles. The van der Waals surface area contributed by atoms with Gasteiger partial charge in [0, 0.05) is 10.5 Å². The van der Waals surface area contributed by atoms with Gasteiger partial charge in [0.05, 0.1) is 11.1 Å². The Hall–Kier alpha value is -0.225. The minimum absolute atomic E-state index is 0.267. The van der Waals surface area contributed by atoms with Crippen molar-refractivity contribution in [2.75, 3.05) is 6.61 Å². The lowest BCUT2D eigenvalue weighted by atomic mass is 9.79. The first-order valence-electron chi connectivity index (χ1n) is 4.54. The molecule has 0 saturated heterocycles. The Morgan fingerprint density at radius 3 is 2.67 bits per heavy atom. The van der Waals surface area contributed by atoms with Crippen LogP contribution in [-0.4, -0.2) is 23.8 Å². The van der Waals surface area contributed by atoms with Gasteiger partial charge in [-0.15, -0.1) is 0 Å². The average Bonchev–Trinajstić information content (AvgIpc) is 2.15. The fraction of sp³-hybridized carbons (Fsp3) is 0.333. The summed E-state index contributed by atoms with van der Waals surface area (Å²) in [4.78, 5) is 0. The summed E-state index contributed by atoms with van der Waals surface area (Å²) in [5, 5.41) is 18.7. The molecule has 2 N–H and O–H groups in total. The van der Waals surface area contributed by atoms with E-state index in [0.29, 0.717) is 21.9 Å². The fourth-order valence-corrected chi connectivity index (χ4v) is 2.08. The van der Waals surface area contributed by atoms with Crippen molar-refractivity contribution in [3.8, 4) is 5.75 Å². The lowest BCUT2D eigenvalue weighted by Crippen LogP contribution is -2.31. The molecule has 1 aromatic rings. The van der Waals surface area contributed by atoms with Gasteiger partial charge in [-0.25, -0.2) is 0 Å². The second kappa shape index (κ2) is 5.75. The molecule has 0 fully saturated rings. The SMILES string of the molecule is CCCOc1c(Br)cc(Cl)cc1B(O)O. The highest BCUT2D eigenvalue weighted by atomic mass is 79.9. The molecule has 6 heteroatoms. The quantitative estimate of drug-likeness (QED) is 0.829. The number of rotatable bonds is 4. The molecule has 1 aromatic carbocycles. The zero-order chi connectivity index (χ0) is 11.4. The van der Waals surface area contributed by atoms with Gasteiger partial charge in [0.2, 0.25) is 0 Å². The van der Waals surface area contributed by atoms with Crippen molar-refractivity contribution < 1.29 is 14.8 Å². The third-order valence-corrected chi connectivity index (χ3v) is 2.57. The molecule has 0 saturated carbocycles. The Morgan fingerprint density at radius 1 is 1.47 bits per heavy atom. The van der Waals surface area contributed by atoms with Crippen LogP contribution in [-0.2, 0) is 0 Å². The smallest absolute Gasteiger partial charge is 0.492 e. The molecule has 0 radical (unpaired) electrons. The Bertz CT molecular complexity index is 346. The topological polar surface area (TPSA) is 49.7 Å².